The van der Waals surface area contributed by atoms with Crippen LogP contribution in [0.15, 0.2) is 0 Å². The van der Waals surface area contributed by atoms with Crippen LogP contribution in [0.1, 0.15) is 20.3 Å². The summed E-state index contributed by atoms with van der Waals surface area (Å²) in [5, 5.41) is 5.78. The number of rotatable bonds is 7. The van der Waals surface area contributed by atoms with Gasteiger partial charge in [-0.15, -0.1) is 0 Å². The molecule has 2 atom stereocenters. The molecule has 0 aliphatic heterocycles. The van der Waals surface area contributed by atoms with Crippen molar-refractivity contribution in [3.8, 4) is 0 Å². The lowest BCUT2D eigenvalue weighted by atomic mass is 10.4. The van der Waals surface area contributed by atoms with Gasteiger partial charge in [0.05, 0.1) is 6.54 Å². The summed E-state index contributed by atoms with van der Waals surface area (Å²) in [6.07, 6.45) is 2.65. The van der Waals surface area contributed by atoms with Crippen LogP contribution in [0, 0.1) is 0 Å². The molecule has 84 valence electrons. The fourth-order valence-corrected chi connectivity index (χ4v) is 1.89. The number of hydrogen-bond donors (Lipinski definition) is 2. The van der Waals surface area contributed by atoms with Gasteiger partial charge in [0.1, 0.15) is 0 Å². The number of amides is 1. The van der Waals surface area contributed by atoms with E-state index in [0.717, 1.165) is 13.0 Å². The molecule has 0 aromatic carbocycles. The van der Waals surface area contributed by atoms with E-state index in [-0.39, 0.29) is 11.9 Å². The Morgan fingerprint density at radius 2 is 2.14 bits per heavy atom. The van der Waals surface area contributed by atoms with Crippen LogP contribution in [0.3, 0.4) is 0 Å². The number of nitrogens with one attached hydrogen (secondary N) is 2. The molecular formula is C9H20N2O2S. The molecule has 0 fully saturated rings. The molecule has 4 nitrogen and oxygen atoms in total. The summed E-state index contributed by atoms with van der Waals surface area (Å²) in [6, 6.07) is -0.0169. The molecule has 0 saturated heterocycles. The molecule has 1 amide bonds. The van der Waals surface area contributed by atoms with Crippen LogP contribution in [0.25, 0.3) is 0 Å². The Balaban J connectivity index is 3.55. The van der Waals surface area contributed by atoms with Gasteiger partial charge < -0.3 is 10.6 Å². The highest BCUT2D eigenvalue weighted by molar-refractivity contribution is 7.84. The van der Waals surface area contributed by atoms with E-state index in [2.05, 4.69) is 10.6 Å². The molecule has 0 spiro atoms. The topological polar surface area (TPSA) is 58.2 Å². The van der Waals surface area contributed by atoms with Gasteiger partial charge in [0.15, 0.2) is 0 Å². The Hall–Kier alpha value is -0.420. The molecule has 2 N–H and O–H groups in total. The minimum absolute atomic E-state index is 0.0169. The Bertz CT molecular complexity index is 197. The van der Waals surface area contributed by atoms with E-state index in [1.807, 2.05) is 13.8 Å². The monoisotopic (exact) mass is 220 g/mol. The smallest absolute Gasteiger partial charge is 0.234 e. The largest absolute Gasteiger partial charge is 0.352 e. The zero-order chi connectivity index (χ0) is 11.0. The van der Waals surface area contributed by atoms with Crippen LogP contribution in [-0.2, 0) is 15.6 Å². The minimum Gasteiger partial charge on any atom is -0.352 e. The van der Waals surface area contributed by atoms with E-state index >= 15 is 0 Å². The maximum atomic E-state index is 11.2. The van der Waals surface area contributed by atoms with Gasteiger partial charge in [-0.05, 0) is 19.9 Å². The van der Waals surface area contributed by atoms with Crippen molar-refractivity contribution >= 4 is 16.7 Å². The van der Waals surface area contributed by atoms with E-state index in [1.165, 1.54) is 0 Å². The molecule has 5 heteroatoms. The zero-order valence-electron chi connectivity index (χ0n) is 9.13. The lowest BCUT2D eigenvalue weighted by Crippen LogP contribution is -2.41. The van der Waals surface area contributed by atoms with Gasteiger partial charge in [-0.1, -0.05) is 6.92 Å². The predicted octanol–water partition coefficient (Wildman–Crippen LogP) is -0.131. The summed E-state index contributed by atoms with van der Waals surface area (Å²) in [4.78, 5) is 11.2. The van der Waals surface area contributed by atoms with Crippen molar-refractivity contribution in [1.29, 1.82) is 0 Å². The SMILES string of the molecule is CCCNCC(=O)NC(C)CS(C)=O. The maximum Gasteiger partial charge on any atom is 0.234 e. The Kier molecular flexibility index (Phi) is 7.70. The lowest BCUT2D eigenvalue weighted by Gasteiger charge is -2.12. The maximum absolute atomic E-state index is 11.2. The van der Waals surface area contributed by atoms with Gasteiger partial charge >= 0.3 is 0 Å². The molecule has 0 rings (SSSR count). The quantitative estimate of drug-likeness (QED) is 0.588. The summed E-state index contributed by atoms with van der Waals surface area (Å²) < 4.78 is 10.8. The van der Waals surface area contributed by atoms with Gasteiger partial charge in [0.2, 0.25) is 5.91 Å². The number of carbonyl (C=O) groups excluding carboxylic acids is 1. The third-order valence-corrected chi connectivity index (χ3v) is 2.57. The van der Waals surface area contributed by atoms with Gasteiger partial charge in [0.25, 0.3) is 0 Å². The molecule has 0 bridgehead atoms. The highest BCUT2D eigenvalue weighted by Gasteiger charge is 2.07. The van der Waals surface area contributed by atoms with Crippen molar-refractivity contribution in [3.63, 3.8) is 0 Å². The first-order valence-electron chi connectivity index (χ1n) is 4.86. The summed E-state index contributed by atoms with van der Waals surface area (Å²) in [7, 11) is -0.855. The number of hydrogen-bond acceptors (Lipinski definition) is 3. The second-order valence-electron chi connectivity index (χ2n) is 3.39. The van der Waals surface area contributed by atoms with Crippen LogP contribution >= 0.6 is 0 Å². The van der Waals surface area contributed by atoms with E-state index in [4.69, 9.17) is 0 Å². The van der Waals surface area contributed by atoms with E-state index in [0.29, 0.717) is 12.3 Å². The van der Waals surface area contributed by atoms with Gasteiger partial charge in [0, 0.05) is 28.9 Å². The standard InChI is InChI=1S/C9H20N2O2S/c1-4-5-10-6-9(12)11-8(2)7-14(3)13/h8,10H,4-7H2,1-3H3,(H,11,12). The van der Waals surface area contributed by atoms with E-state index < -0.39 is 10.8 Å². The molecule has 0 aliphatic rings. The van der Waals surface area contributed by atoms with Crippen molar-refractivity contribution in [1.82, 2.24) is 10.6 Å². The van der Waals surface area contributed by atoms with Crippen molar-refractivity contribution in [3.05, 3.63) is 0 Å². The van der Waals surface area contributed by atoms with Crippen LogP contribution in [0.2, 0.25) is 0 Å². The summed E-state index contributed by atoms with van der Waals surface area (Å²) in [6.45, 7) is 5.10. The summed E-state index contributed by atoms with van der Waals surface area (Å²) in [5.74, 6) is 0.482. The summed E-state index contributed by atoms with van der Waals surface area (Å²) in [5.41, 5.74) is 0. The van der Waals surface area contributed by atoms with Crippen LogP contribution in [-0.4, -0.2) is 41.3 Å². The molecule has 0 heterocycles. The Morgan fingerprint density at radius 1 is 1.50 bits per heavy atom. The molecule has 0 radical (unpaired) electrons. The molecule has 2 unspecified atom stereocenters. The second-order valence-corrected chi connectivity index (χ2v) is 4.86. The van der Waals surface area contributed by atoms with Crippen molar-refractivity contribution in [2.24, 2.45) is 0 Å². The lowest BCUT2D eigenvalue weighted by molar-refractivity contribution is -0.120. The molecule has 0 aromatic heterocycles. The number of carbonyl (C=O) groups is 1. The average molecular weight is 220 g/mol. The first kappa shape index (κ1) is 13.6. The van der Waals surface area contributed by atoms with Gasteiger partial charge in [-0.3, -0.25) is 9.00 Å². The van der Waals surface area contributed by atoms with Crippen molar-refractivity contribution in [2.75, 3.05) is 25.1 Å². The molecular weight excluding hydrogens is 200 g/mol. The average Bonchev–Trinajstić information content (AvgIpc) is 2.02. The predicted molar refractivity (Wildman–Crippen MR) is 59.7 cm³/mol. The third kappa shape index (κ3) is 8.19. The second kappa shape index (κ2) is 7.94. The van der Waals surface area contributed by atoms with Gasteiger partial charge in [-0.25, -0.2) is 0 Å². The fourth-order valence-electron chi connectivity index (χ4n) is 1.10. The van der Waals surface area contributed by atoms with Crippen LogP contribution < -0.4 is 10.6 Å². The first-order valence-corrected chi connectivity index (χ1v) is 6.59. The third-order valence-electron chi connectivity index (χ3n) is 1.60. The van der Waals surface area contributed by atoms with E-state index in [1.54, 1.807) is 6.26 Å². The zero-order valence-corrected chi connectivity index (χ0v) is 9.95. The summed E-state index contributed by atoms with van der Waals surface area (Å²) >= 11 is 0. The molecule has 0 saturated carbocycles. The first-order chi connectivity index (χ1) is 6.56. The molecule has 0 aliphatic carbocycles. The highest BCUT2D eigenvalue weighted by Crippen LogP contribution is 1.85. The van der Waals surface area contributed by atoms with E-state index in [9.17, 15) is 9.00 Å². The van der Waals surface area contributed by atoms with Gasteiger partial charge in [-0.2, -0.15) is 0 Å². The normalized spacial score (nSPS) is 14.8. The highest BCUT2D eigenvalue weighted by atomic mass is 32.2. The van der Waals surface area contributed by atoms with Crippen LogP contribution in [0.5, 0.6) is 0 Å². The van der Waals surface area contributed by atoms with Crippen molar-refractivity contribution in [2.45, 2.75) is 26.3 Å². The minimum atomic E-state index is -0.855. The Labute approximate surface area is 88.3 Å². The van der Waals surface area contributed by atoms with Crippen LogP contribution in [0.4, 0.5) is 0 Å². The Morgan fingerprint density at radius 3 is 2.64 bits per heavy atom. The molecule has 0 aromatic rings. The molecule has 14 heavy (non-hydrogen) atoms. The van der Waals surface area contributed by atoms with Crippen molar-refractivity contribution < 1.29 is 9.00 Å². The fraction of sp³-hybridized carbons (Fsp3) is 0.889.